The van der Waals surface area contributed by atoms with E-state index in [0.29, 0.717) is 5.39 Å². The van der Waals surface area contributed by atoms with E-state index in [1.165, 1.54) is 18.2 Å². The molecule has 3 heterocycles. The molecule has 0 bridgehead atoms. The number of hydrogen-bond acceptors (Lipinski definition) is 6. The summed E-state index contributed by atoms with van der Waals surface area (Å²) < 4.78 is 30.2. The first-order chi connectivity index (χ1) is 16.0. The summed E-state index contributed by atoms with van der Waals surface area (Å²) in [4.78, 5) is 6.47. The fraction of sp³-hybridized carbons (Fsp3) is 0.208. The van der Waals surface area contributed by atoms with Crippen LogP contribution in [-0.4, -0.2) is 33.4 Å². The highest BCUT2D eigenvalue weighted by atomic mass is 19.1. The van der Waals surface area contributed by atoms with E-state index in [1.807, 2.05) is 6.07 Å². The zero-order valence-corrected chi connectivity index (χ0v) is 17.6. The molecule has 4 aromatic rings. The Kier molecular flexibility index (Phi) is 5.05. The van der Waals surface area contributed by atoms with Gasteiger partial charge < -0.3 is 15.7 Å². The van der Waals surface area contributed by atoms with Crippen molar-refractivity contribution in [3.63, 3.8) is 0 Å². The zero-order valence-electron chi connectivity index (χ0n) is 17.6. The molecule has 9 heteroatoms. The quantitative estimate of drug-likeness (QED) is 0.420. The van der Waals surface area contributed by atoms with E-state index in [-0.39, 0.29) is 45.2 Å². The second-order valence-corrected chi connectivity index (χ2v) is 8.03. The number of halogens is 2. The van der Waals surface area contributed by atoms with E-state index in [0.717, 1.165) is 44.1 Å². The molecule has 4 N–H and O–H groups in total. The van der Waals surface area contributed by atoms with Crippen molar-refractivity contribution in [3.8, 4) is 34.2 Å². The molecule has 0 spiro atoms. The number of pyridine rings is 1. The first kappa shape index (κ1) is 20.7. The number of nitrogens with zero attached hydrogens (tertiary/aromatic N) is 4. The van der Waals surface area contributed by atoms with E-state index in [1.54, 1.807) is 6.07 Å². The minimum absolute atomic E-state index is 0.0106. The zero-order chi connectivity index (χ0) is 23.1. The molecule has 0 amide bonds. The fourth-order valence-corrected chi connectivity index (χ4v) is 4.40. The van der Waals surface area contributed by atoms with Crippen LogP contribution < -0.4 is 10.6 Å². The molecular weight excluding hydrogens is 426 g/mol. The molecule has 2 aromatic carbocycles. The van der Waals surface area contributed by atoms with Gasteiger partial charge >= 0.3 is 0 Å². The smallest absolute Gasteiger partial charge is 0.184 e. The Hall–Kier alpha value is -4.19. The number of fused-ring (bicyclic) bond motifs is 1. The average molecular weight is 446 g/mol. The van der Waals surface area contributed by atoms with Gasteiger partial charge in [-0.25, -0.2) is 13.8 Å². The Bertz CT molecular complexity index is 1420. The normalized spacial score (nSPS) is 13.9. The van der Waals surface area contributed by atoms with Crippen LogP contribution in [-0.2, 0) is 0 Å². The molecule has 0 aliphatic carbocycles. The van der Waals surface area contributed by atoms with Crippen LogP contribution in [0.1, 0.15) is 24.8 Å². The predicted octanol–water partition coefficient (Wildman–Crippen LogP) is 4.72. The summed E-state index contributed by atoms with van der Waals surface area (Å²) in [6, 6.07) is 10.5. The highest BCUT2D eigenvalue weighted by Gasteiger charge is 2.25. The van der Waals surface area contributed by atoms with Gasteiger partial charge in [0.05, 0.1) is 16.6 Å². The molecule has 1 aliphatic rings. The lowest BCUT2D eigenvalue weighted by Crippen LogP contribution is -2.29. The number of nitrogen functional groups attached to an aromatic ring is 1. The van der Waals surface area contributed by atoms with Crippen LogP contribution in [0.25, 0.3) is 33.4 Å². The van der Waals surface area contributed by atoms with Gasteiger partial charge in [-0.15, -0.1) is 0 Å². The van der Waals surface area contributed by atoms with Gasteiger partial charge in [0.25, 0.3) is 0 Å². The third kappa shape index (κ3) is 3.49. The molecule has 2 aromatic heterocycles. The first-order valence-electron chi connectivity index (χ1n) is 10.6. The van der Waals surface area contributed by atoms with Crippen LogP contribution in [0.15, 0.2) is 36.4 Å². The largest absolute Gasteiger partial charge is 0.508 e. The van der Waals surface area contributed by atoms with Crippen LogP contribution in [0.4, 0.5) is 20.3 Å². The molecule has 0 radical (unpaired) electrons. The number of nitrogens with two attached hydrogens (primary N) is 1. The molecular formula is C24H20F2N6O. The second kappa shape index (κ2) is 8.06. The Morgan fingerprint density at radius 3 is 2.45 bits per heavy atom. The standard InChI is InChI=1S/C24H20F2N6O/c25-18-10-13(32-8-2-1-3-9-32)4-6-15(18)20-17(12-27)22(16-7-5-14(33)11-19(16)26)29-24-21(20)23(28)30-31-24/h4-7,10-11,33H,1-3,8-9H2,(H3,28,29,30,31). The van der Waals surface area contributed by atoms with Crippen molar-refractivity contribution in [1.29, 1.82) is 5.26 Å². The molecule has 166 valence electrons. The molecule has 1 aliphatic heterocycles. The van der Waals surface area contributed by atoms with Crippen LogP contribution in [0.3, 0.4) is 0 Å². The molecule has 1 fully saturated rings. The first-order valence-corrected chi connectivity index (χ1v) is 10.6. The summed E-state index contributed by atoms with van der Waals surface area (Å²) in [5.41, 5.74) is 7.24. The maximum atomic E-state index is 15.5. The molecule has 1 saturated heterocycles. The second-order valence-electron chi connectivity index (χ2n) is 8.03. The van der Waals surface area contributed by atoms with Crippen molar-refractivity contribution in [2.24, 2.45) is 0 Å². The van der Waals surface area contributed by atoms with E-state index < -0.39 is 11.6 Å². The minimum atomic E-state index is -0.770. The number of aromatic hydroxyl groups is 1. The lowest BCUT2D eigenvalue weighted by molar-refractivity contribution is 0.469. The summed E-state index contributed by atoms with van der Waals surface area (Å²) in [6.45, 7) is 1.72. The fourth-order valence-electron chi connectivity index (χ4n) is 4.40. The lowest BCUT2D eigenvalue weighted by atomic mass is 9.93. The van der Waals surface area contributed by atoms with Gasteiger partial charge in [-0.3, -0.25) is 5.10 Å². The number of piperidine rings is 1. The van der Waals surface area contributed by atoms with Crippen molar-refractivity contribution in [2.45, 2.75) is 19.3 Å². The van der Waals surface area contributed by atoms with Gasteiger partial charge in [0.15, 0.2) is 5.65 Å². The number of nitriles is 1. The summed E-state index contributed by atoms with van der Waals surface area (Å²) in [7, 11) is 0. The topological polar surface area (TPSA) is 115 Å². The Morgan fingerprint density at radius 2 is 1.76 bits per heavy atom. The van der Waals surface area contributed by atoms with E-state index >= 15 is 4.39 Å². The van der Waals surface area contributed by atoms with Crippen molar-refractivity contribution in [2.75, 3.05) is 23.7 Å². The van der Waals surface area contributed by atoms with Crippen molar-refractivity contribution < 1.29 is 13.9 Å². The van der Waals surface area contributed by atoms with Gasteiger partial charge in [0.1, 0.15) is 29.3 Å². The van der Waals surface area contributed by atoms with Crippen molar-refractivity contribution >= 4 is 22.5 Å². The maximum absolute atomic E-state index is 15.5. The monoisotopic (exact) mass is 446 g/mol. The van der Waals surface area contributed by atoms with E-state index in [4.69, 9.17) is 5.73 Å². The van der Waals surface area contributed by atoms with Gasteiger partial charge in [-0.1, -0.05) is 0 Å². The Balaban J connectivity index is 1.76. The summed E-state index contributed by atoms with van der Waals surface area (Å²) in [6.07, 6.45) is 3.27. The number of hydrogen-bond donors (Lipinski definition) is 3. The molecule has 7 nitrogen and oxygen atoms in total. The van der Waals surface area contributed by atoms with Gasteiger partial charge in [0, 0.05) is 41.5 Å². The van der Waals surface area contributed by atoms with Crippen LogP contribution in [0.5, 0.6) is 5.75 Å². The van der Waals surface area contributed by atoms with E-state index in [2.05, 4.69) is 26.2 Å². The van der Waals surface area contributed by atoms with Gasteiger partial charge in [-0.05, 0) is 49.6 Å². The summed E-state index contributed by atoms with van der Waals surface area (Å²) in [5.74, 6) is -1.44. The third-order valence-corrected chi connectivity index (χ3v) is 5.99. The SMILES string of the molecule is N#Cc1c(-c2ccc(O)cc2F)nc2n[nH]c(N)c2c1-c1ccc(N2CCCCC2)cc1F. The van der Waals surface area contributed by atoms with Crippen LogP contribution in [0.2, 0.25) is 0 Å². The van der Waals surface area contributed by atoms with Crippen molar-refractivity contribution in [1.82, 2.24) is 15.2 Å². The third-order valence-electron chi connectivity index (χ3n) is 5.99. The molecule has 0 saturated carbocycles. The summed E-state index contributed by atoms with van der Waals surface area (Å²) >= 11 is 0. The number of nitrogens with one attached hydrogen (secondary N) is 1. The molecule has 0 unspecified atom stereocenters. The van der Waals surface area contributed by atoms with Crippen LogP contribution >= 0.6 is 0 Å². The highest BCUT2D eigenvalue weighted by molar-refractivity contribution is 6.04. The number of rotatable bonds is 3. The number of H-pyrrole nitrogens is 1. The number of aromatic nitrogens is 3. The summed E-state index contributed by atoms with van der Waals surface area (Å²) in [5, 5.41) is 26.6. The number of phenolic OH excluding ortho intramolecular Hbond substituents is 1. The molecule has 0 atom stereocenters. The Labute approximate surface area is 188 Å². The van der Waals surface area contributed by atoms with Crippen molar-refractivity contribution in [3.05, 3.63) is 53.6 Å². The molecule has 33 heavy (non-hydrogen) atoms. The van der Waals surface area contributed by atoms with Gasteiger partial charge in [0.2, 0.25) is 0 Å². The number of anilines is 2. The number of aromatic amines is 1. The minimum Gasteiger partial charge on any atom is -0.508 e. The van der Waals surface area contributed by atoms with Crippen LogP contribution in [0, 0.1) is 23.0 Å². The Morgan fingerprint density at radius 1 is 1.03 bits per heavy atom. The highest BCUT2D eigenvalue weighted by Crippen LogP contribution is 2.41. The predicted molar refractivity (Wildman–Crippen MR) is 122 cm³/mol. The van der Waals surface area contributed by atoms with E-state index in [9.17, 15) is 14.8 Å². The van der Waals surface area contributed by atoms with Gasteiger partial charge in [-0.2, -0.15) is 10.4 Å². The lowest BCUT2D eigenvalue weighted by Gasteiger charge is -2.29. The maximum Gasteiger partial charge on any atom is 0.184 e. The average Bonchev–Trinajstić information content (AvgIpc) is 3.19. The number of benzene rings is 2. The molecule has 5 rings (SSSR count). The number of phenols is 1.